The molecule has 1 heterocycles. The van der Waals surface area contributed by atoms with Crippen molar-refractivity contribution >= 4 is 11.6 Å². The maximum atomic E-state index is 12.5. The van der Waals surface area contributed by atoms with E-state index >= 15 is 0 Å². The van der Waals surface area contributed by atoms with Crippen LogP contribution in [0.3, 0.4) is 0 Å². The molecule has 5 N–H and O–H groups in total. The molecule has 1 aliphatic rings. The first kappa shape index (κ1) is 26.4. The van der Waals surface area contributed by atoms with E-state index in [0.29, 0.717) is 24.8 Å². The van der Waals surface area contributed by atoms with E-state index in [9.17, 15) is 25.2 Å². The first-order valence-corrected chi connectivity index (χ1v) is 11.1. The number of phenolic OH excluding ortho intramolecular Hbond substituents is 2. The third-order valence-corrected chi connectivity index (χ3v) is 5.76. The molecule has 0 unspecified atom stereocenters. The number of nitrogens with one attached hydrogen (secondary N) is 1. The summed E-state index contributed by atoms with van der Waals surface area (Å²) in [5.74, 6) is -0.909. The smallest absolute Gasteiger partial charge is 0.227 e. The van der Waals surface area contributed by atoms with Crippen LogP contribution in [-0.2, 0) is 16.0 Å². The lowest BCUT2D eigenvalue weighted by Gasteiger charge is -2.24. The van der Waals surface area contributed by atoms with E-state index in [0.717, 1.165) is 5.57 Å². The van der Waals surface area contributed by atoms with Crippen LogP contribution in [0, 0.1) is 5.92 Å². The van der Waals surface area contributed by atoms with E-state index in [2.05, 4.69) is 5.32 Å². The predicted molar refractivity (Wildman–Crippen MR) is 129 cm³/mol. The van der Waals surface area contributed by atoms with Crippen LogP contribution in [-0.4, -0.2) is 51.8 Å². The quantitative estimate of drug-likeness (QED) is 0.249. The fraction of sp³-hybridized carbons (Fsp3) is 0.423. The number of benzene rings is 1. The number of aliphatic hydroxyl groups excluding tert-OH is 2. The Morgan fingerprint density at radius 1 is 1.09 bits per heavy atom. The number of carbonyl (C=O) groups is 1. The number of ether oxygens (including phenoxy) is 1. The molecule has 0 aliphatic carbocycles. The summed E-state index contributed by atoms with van der Waals surface area (Å²) >= 11 is 0. The second-order valence-corrected chi connectivity index (χ2v) is 8.32. The fourth-order valence-corrected chi connectivity index (χ4v) is 3.61. The number of amides is 1. The summed E-state index contributed by atoms with van der Waals surface area (Å²) in [5, 5.41) is 44.3. The van der Waals surface area contributed by atoms with Gasteiger partial charge in [-0.1, -0.05) is 49.5 Å². The summed E-state index contributed by atoms with van der Waals surface area (Å²) in [6, 6.07) is 2.75. The Bertz CT molecular complexity index is 918. The Labute approximate surface area is 195 Å². The molecular weight excluding hydrogens is 422 g/mol. The molecule has 1 amide bonds. The highest BCUT2D eigenvalue weighted by Crippen LogP contribution is 2.33. The molecule has 0 saturated heterocycles. The Morgan fingerprint density at radius 3 is 2.55 bits per heavy atom. The van der Waals surface area contributed by atoms with Crippen molar-refractivity contribution in [2.75, 3.05) is 12.4 Å². The molecule has 0 radical (unpaired) electrons. The standard InChI is InChI=1S/C26H35NO6/c1-17-10-9-11-19-14-20(28)15-22(26(19)32)27-24(30)16-21(33-3)12-7-5-4-6-8-13-23(29)18(2)25(17)31/h4-8,10,12,14-15,18,21,23,25,28-29,31-32H,9,11,13,16H2,1-3H3,(H,27,30)/b5-4-,8-6-,12-7-,17-10-/t18-,21+,23-,25-/m0/s1. The Balaban J connectivity index is 2.32. The van der Waals surface area contributed by atoms with Crippen LogP contribution in [0.2, 0.25) is 0 Å². The Morgan fingerprint density at radius 2 is 1.82 bits per heavy atom. The molecule has 7 nitrogen and oxygen atoms in total. The van der Waals surface area contributed by atoms with Gasteiger partial charge in [0.2, 0.25) is 5.91 Å². The van der Waals surface area contributed by atoms with E-state index in [4.69, 9.17) is 4.74 Å². The van der Waals surface area contributed by atoms with Gasteiger partial charge in [0.1, 0.15) is 11.5 Å². The number of aliphatic hydroxyl groups is 2. The highest BCUT2D eigenvalue weighted by atomic mass is 16.5. The monoisotopic (exact) mass is 457 g/mol. The van der Waals surface area contributed by atoms with Crippen molar-refractivity contribution in [3.8, 4) is 11.5 Å². The van der Waals surface area contributed by atoms with E-state index in [1.165, 1.54) is 19.2 Å². The van der Waals surface area contributed by atoms with E-state index in [-0.39, 0.29) is 35.4 Å². The normalized spacial score (nSPS) is 30.2. The third-order valence-electron chi connectivity index (χ3n) is 5.76. The minimum atomic E-state index is -0.806. The number of methoxy groups -OCH3 is 1. The van der Waals surface area contributed by atoms with Gasteiger partial charge in [-0.15, -0.1) is 0 Å². The van der Waals surface area contributed by atoms with Crippen molar-refractivity contribution in [3.05, 3.63) is 65.8 Å². The minimum absolute atomic E-state index is 0.0327. The number of aromatic hydroxyl groups is 2. The largest absolute Gasteiger partial charge is 0.508 e. The van der Waals surface area contributed by atoms with Crippen LogP contribution < -0.4 is 5.32 Å². The number of fused-ring (bicyclic) bond motifs is 2. The maximum absolute atomic E-state index is 12.5. The van der Waals surface area contributed by atoms with Crippen molar-refractivity contribution in [2.24, 2.45) is 5.92 Å². The zero-order valence-electron chi connectivity index (χ0n) is 19.4. The first-order chi connectivity index (χ1) is 15.7. The number of phenols is 2. The van der Waals surface area contributed by atoms with Crippen LogP contribution in [0.5, 0.6) is 11.5 Å². The Kier molecular flexibility index (Phi) is 10.4. The fourth-order valence-electron chi connectivity index (χ4n) is 3.61. The van der Waals surface area contributed by atoms with Gasteiger partial charge in [-0.2, -0.15) is 0 Å². The van der Waals surface area contributed by atoms with Crippen molar-refractivity contribution in [1.82, 2.24) is 0 Å². The molecule has 0 saturated carbocycles. The molecule has 1 aliphatic heterocycles. The molecule has 2 rings (SSSR count). The summed E-state index contributed by atoms with van der Waals surface area (Å²) in [6.45, 7) is 3.60. The topological polar surface area (TPSA) is 119 Å². The highest BCUT2D eigenvalue weighted by Gasteiger charge is 2.23. The third kappa shape index (κ3) is 8.20. The number of aryl methyl sites for hydroxylation is 1. The van der Waals surface area contributed by atoms with Gasteiger partial charge in [-0.05, 0) is 43.4 Å². The van der Waals surface area contributed by atoms with E-state index in [1.807, 2.05) is 18.2 Å². The lowest BCUT2D eigenvalue weighted by molar-refractivity contribution is -0.117. The number of anilines is 1. The zero-order valence-corrected chi connectivity index (χ0v) is 19.4. The van der Waals surface area contributed by atoms with E-state index in [1.54, 1.807) is 38.2 Å². The minimum Gasteiger partial charge on any atom is -0.508 e. The van der Waals surface area contributed by atoms with Crippen molar-refractivity contribution < 1.29 is 30.0 Å². The average molecular weight is 458 g/mol. The lowest BCUT2D eigenvalue weighted by atomic mass is 9.90. The van der Waals surface area contributed by atoms with Crippen molar-refractivity contribution in [2.45, 2.75) is 57.8 Å². The van der Waals surface area contributed by atoms with Crippen LogP contribution in [0.1, 0.15) is 38.7 Å². The summed E-state index contributed by atoms with van der Waals surface area (Å²) in [5.41, 5.74) is 1.32. The van der Waals surface area contributed by atoms with Gasteiger partial charge in [0.15, 0.2) is 0 Å². The number of hydrogen-bond acceptors (Lipinski definition) is 6. The molecule has 0 fully saturated rings. The summed E-state index contributed by atoms with van der Waals surface area (Å²) < 4.78 is 5.33. The number of hydrogen-bond donors (Lipinski definition) is 5. The molecule has 4 atom stereocenters. The van der Waals surface area contributed by atoms with Crippen LogP contribution in [0.25, 0.3) is 0 Å². The van der Waals surface area contributed by atoms with Gasteiger partial charge in [0, 0.05) is 19.1 Å². The number of allylic oxidation sites excluding steroid dienone is 5. The molecule has 1 aromatic rings. The Hall–Kier alpha value is -2.87. The molecular formula is C26H35NO6. The van der Waals surface area contributed by atoms with Crippen molar-refractivity contribution in [1.29, 1.82) is 0 Å². The predicted octanol–water partition coefficient (Wildman–Crippen LogP) is 3.75. The summed E-state index contributed by atoms with van der Waals surface area (Å²) in [6.07, 6.45) is 11.9. The maximum Gasteiger partial charge on any atom is 0.227 e. The molecule has 2 bridgehead atoms. The summed E-state index contributed by atoms with van der Waals surface area (Å²) in [4.78, 5) is 12.5. The molecule has 0 aromatic heterocycles. The highest BCUT2D eigenvalue weighted by molar-refractivity contribution is 5.93. The summed E-state index contributed by atoms with van der Waals surface area (Å²) in [7, 11) is 1.50. The van der Waals surface area contributed by atoms with E-state index < -0.39 is 18.3 Å². The zero-order chi connectivity index (χ0) is 24.4. The second-order valence-electron chi connectivity index (χ2n) is 8.32. The second kappa shape index (κ2) is 13.0. The molecule has 33 heavy (non-hydrogen) atoms. The average Bonchev–Trinajstić information content (AvgIpc) is 2.78. The van der Waals surface area contributed by atoms with Crippen LogP contribution in [0.4, 0.5) is 5.69 Å². The molecule has 180 valence electrons. The van der Waals surface area contributed by atoms with Crippen molar-refractivity contribution in [3.63, 3.8) is 0 Å². The van der Waals surface area contributed by atoms with Gasteiger partial charge in [0.05, 0.1) is 30.4 Å². The van der Waals surface area contributed by atoms with Gasteiger partial charge in [0.25, 0.3) is 0 Å². The number of rotatable bonds is 1. The molecule has 7 heteroatoms. The van der Waals surface area contributed by atoms with Crippen LogP contribution in [0.15, 0.2) is 60.2 Å². The van der Waals surface area contributed by atoms with Gasteiger partial charge in [-0.3, -0.25) is 4.79 Å². The molecule has 1 aromatic carbocycles. The van der Waals surface area contributed by atoms with Gasteiger partial charge >= 0.3 is 0 Å². The SMILES string of the molecule is CO[C@@H]1\C=C/C=C\C=C/C[C@H](O)[C@H](C)[C@@H](O)/C(C)=C\CCc2cc(O)cc(c2O)NC(=O)C1. The molecule has 0 spiro atoms. The van der Waals surface area contributed by atoms with Crippen LogP contribution >= 0.6 is 0 Å². The lowest BCUT2D eigenvalue weighted by Crippen LogP contribution is -2.30. The number of carbonyl (C=O) groups excluding carboxylic acids is 1. The first-order valence-electron chi connectivity index (χ1n) is 11.1. The van der Waals surface area contributed by atoms with Gasteiger partial charge < -0.3 is 30.5 Å². The van der Waals surface area contributed by atoms with Gasteiger partial charge in [-0.25, -0.2) is 0 Å².